The van der Waals surface area contributed by atoms with Crippen LogP contribution in [0.15, 0.2) is 73.1 Å². The highest BCUT2D eigenvalue weighted by Crippen LogP contribution is 2.27. The molecule has 0 atom stereocenters. The maximum absolute atomic E-state index is 13.6. The Balaban J connectivity index is 1.26. The monoisotopic (exact) mass is 466 g/mol. The molecule has 0 aliphatic rings. The molecule has 5 rings (SSSR count). The quantitative estimate of drug-likeness (QED) is 0.279. The number of rotatable bonds is 8. The molecule has 174 valence electrons. The van der Waals surface area contributed by atoms with Gasteiger partial charge in [0.15, 0.2) is 0 Å². The van der Waals surface area contributed by atoms with Crippen LogP contribution in [0.25, 0.3) is 35.2 Å². The molecule has 35 heavy (non-hydrogen) atoms. The van der Waals surface area contributed by atoms with E-state index in [1.165, 1.54) is 12.1 Å². The molecule has 0 saturated heterocycles. The fourth-order valence-electron chi connectivity index (χ4n) is 3.69. The van der Waals surface area contributed by atoms with Gasteiger partial charge in [-0.2, -0.15) is 5.10 Å². The molecule has 0 saturated carbocycles. The number of H-pyrrole nitrogens is 2. The van der Waals surface area contributed by atoms with Crippen LogP contribution in [0.1, 0.15) is 28.2 Å². The molecule has 0 fully saturated rings. The Kier molecular flexibility index (Phi) is 6.39. The van der Waals surface area contributed by atoms with E-state index in [4.69, 9.17) is 9.47 Å². The summed E-state index contributed by atoms with van der Waals surface area (Å²) in [5, 5.41) is 8.17. The van der Waals surface area contributed by atoms with Gasteiger partial charge < -0.3 is 14.5 Å². The molecule has 6 nitrogen and oxygen atoms in total. The van der Waals surface area contributed by atoms with E-state index in [9.17, 15) is 4.39 Å². The van der Waals surface area contributed by atoms with Gasteiger partial charge in [-0.1, -0.05) is 12.1 Å². The van der Waals surface area contributed by atoms with Crippen LogP contribution in [-0.4, -0.2) is 27.3 Å². The van der Waals surface area contributed by atoms with Gasteiger partial charge in [-0.3, -0.25) is 10.1 Å². The first-order valence-corrected chi connectivity index (χ1v) is 11.1. The number of hydrogen-bond donors (Lipinski definition) is 2. The Morgan fingerprint density at radius 2 is 1.86 bits per heavy atom. The van der Waals surface area contributed by atoms with E-state index < -0.39 is 0 Å². The summed E-state index contributed by atoms with van der Waals surface area (Å²) in [5.74, 6) is 1.14. The molecule has 0 radical (unpaired) electrons. The van der Waals surface area contributed by atoms with Crippen LogP contribution in [0.3, 0.4) is 0 Å². The number of halogens is 1. The van der Waals surface area contributed by atoms with Crippen molar-refractivity contribution in [1.82, 2.24) is 20.2 Å². The second-order valence-electron chi connectivity index (χ2n) is 7.86. The van der Waals surface area contributed by atoms with E-state index in [0.29, 0.717) is 18.1 Å². The molecule has 7 heteroatoms. The molecule has 3 aromatic heterocycles. The third kappa shape index (κ3) is 5.30. The van der Waals surface area contributed by atoms with Crippen LogP contribution in [0.2, 0.25) is 0 Å². The van der Waals surface area contributed by atoms with Gasteiger partial charge >= 0.3 is 0 Å². The lowest BCUT2D eigenvalue weighted by molar-refractivity contribution is 0.299. The van der Waals surface area contributed by atoms with Gasteiger partial charge in [0.25, 0.3) is 0 Å². The standard InChI is InChI=1S/C28H23FN4O2/c1-34-28-16-25(35-18-24-4-2-3-13-30-24)11-7-19(28)5-9-22-15-23(33-32-22)10-6-20-17-31-27-12-8-21(29)14-26(20)27/h2-17,31H,18H2,1H3,(H,32,33)/b9-5+,10-6+. The van der Waals surface area contributed by atoms with Crippen LogP contribution in [0, 0.1) is 5.82 Å². The van der Waals surface area contributed by atoms with E-state index in [1.54, 1.807) is 19.4 Å². The number of ether oxygens (including phenoxy) is 2. The SMILES string of the molecule is COc1cc(OCc2ccccn2)ccc1/C=C/c1cc(/C=C/c2c[nH]c3ccc(F)cc23)n[nH]1. The Hall–Kier alpha value is -4.65. The molecule has 0 spiro atoms. The minimum Gasteiger partial charge on any atom is -0.496 e. The van der Waals surface area contributed by atoms with Gasteiger partial charge in [0.05, 0.1) is 24.2 Å². The maximum atomic E-state index is 13.6. The van der Waals surface area contributed by atoms with Crippen molar-refractivity contribution in [3.8, 4) is 11.5 Å². The lowest BCUT2D eigenvalue weighted by atomic mass is 10.1. The minimum atomic E-state index is -0.262. The van der Waals surface area contributed by atoms with Crippen molar-refractivity contribution in [3.63, 3.8) is 0 Å². The zero-order valence-electron chi connectivity index (χ0n) is 19.0. The zero-order valence-corrected chi connectivity index (χ0v) is 19.0. The zero-order chi connectivity index (χ0) is 24.0. The van der Waals surface area contributed by atoms with Gasteiger partial charge in [0.2, 0.25) is 0 Å². The maximum Gasteiger partial charge on any atom is 0.130 e. The normalized spacial score (nSPS) is 11.6. The number of hydrogen-bond acceptors (Lipinski definition) is 4. The lowest BCUT2D eigenvalue weighted by Gasteiger charge is -2.09. The Morgan fingerprint density at radius 1 is 0.943 bits per heavy atom. The first-order chi connectivity index (χ1) is 17.2. The molecule has 0 unspecified atom stereocenters. The number of aromatic nitrogens is 4. The van der Waals surface area contributed by atoms with E-state index in [0.717, 1.165) is 39.1 Å². The summed E-state index contributed by atoms with van der Waals surface area (Å²) in [5.41, 5.74) is 5.16. The predicted molar refractivity (Wildman–Crippen MR) is 136 cm³/mol. The van der Waals surface area contributed by atoms with Crippen LogP contribution in [0.5, 0.6) is 11.5 Å². The average molecular weight is 467 g/mol. The molecule has 5 aromatic rings. The highest BCUT2D eigenvalue weighted by Gasteiger charge is 2.05. The van der Waals surface area contributed by atoms with Crippen molar-refractivity contribution >= 4 is 35.2 Å². The fourth-order valence-corrected chi connectivity index (χ4v) is 3.69. The second-order valence-corrected chi connectivity index (χ2v) is 7.86. The average Bonchev–Trinajstić information content (AvgIpc) is 3.52. The van der Waals surface area contributed by atoms with Crippen molar-refractivity contribution in [1.29, 1.82) is 0 Å². The molecule has 0 amide bonds. The highest BCUT2D eigenvalue weighted by molar-refractivity contribution is 5.91. The van der Waals surface area contributed by atoms with E-state index in [2.05, 4.69) is 20.2 Å². The van der Waals surface area contributed by atoms with E-state index in [-0.39, 0.29) is 5.82 Å². The predicted octanol–water partition coefficient (Wildman–Crippen LogP) is 6.35. The van der Waals surface area contributed by atoms with Crippen LogP contribution in [-0.2, 0) is 6.61 Å². The van der Waals surface area contributed by atoms with E-state index >= 15 is 0 Å². The summed E-state index contributed by atoms with van der Waals surface area (Å²) >= 11 is 0. The van der Waals surface area contributed by atoms with Gasteiger partial charge in [-0.15, -0.1) is 0 Å². The van der Waals surface area contributed by atoms with Gasteiger partial charge in [0.1, 0.15) is 23.9 Å². The number of fused-ring (bicyclic) bond motifs is 1. The Morgan fingerprint density at radius 3 is 2.71 bits per heavy atom. The molecular formula is C28H23FN4O2. The van der Waals surface area contributed by atoms with Crippen molar-refractivity contribution < 1.29 is 13.9 Å². The van der Waals surface area contributed by atoms with Crippen molar-refractivity contribution in [2.45, 2.75) is 6.61 Å². The smallest absolute Gasteiger partial charge is 0.130 e. The number of methoxy groups -OCH3 is 1. The van der Waals surface area contributed by atoms with E-state index in [1.807, 2.05) is 73.0 Å². The molecule has 2 N–H and O–H groups in total. The third-order valence-corrected chi connectivity index (χ3v) is 5.49. The number of nitrogens with zero attached hydrogens (tertiary/aromatic N) is 2. The molecule has 2 aromatic carbocycles. The number of benzene rings is 2. The molecule has 0 aliphatic carbocycles. The molecule has 0 aliphatic heterocycles. The summed E-state index contributed by atoms with van der Waals surface area (Å²) in [6.07, 6.45) is 11.3. The van der Waals surface area contributed by atoms with Gasteiger partial charge in [-0.05, 0) is 72.3 Å². The summed E-state index contributed by atoms with van der Waals surface area (Å²) in [7, 11) is 1.63. The first-order valence-electron chi connectivity index (χ1n) is 11.1. The second kappa shape index (κ2) is 10.1. The Bertz CT molecular complexity index is 1500. The lowest BCUT2D eigenvalue weighted by Crippen LogP contribution is -1.98. The summed E-state index contributed by atoms with van der Waals surface area (Å²) in [4.78, 5) is 7.41. The van der Waals surface area contributed by atoms with Gasteiger partial charge in [0, 0.05) is 34.9 Å². The van der Waals surface area contributed by atoms with Crippen molar-refractivity contribution in [2.75, 3.05) is 7.11 Å². The topological polar surface area (TPSA) is 75.8 Å². The molecule has 3 heterocycles. The van der Waals surface area contributed by atoms with Crippen LogP contribution >= 0.6 is 0 Å². The highest BCUT2D eigenvalue weighted by atomic mass is 19.1. The molecular weight excluding hydrogens is 443 g/mol. The number of aromatic amines is 2. The van der Waals surface area contributed by atoms with Crippen molar-refractivity contribution in [2.24, 2.45) is 0 Å². The third-order valence-electron chi connectivity index (χ3n) is 5.49. The summed E-state index contributed by atoms with van der Waals surface area (Å²) in [6.45, 7) is 0.386. The number of nitrogens with one attached hydrogen (secondary N) is 2. The number of pyridine rings is 1. The minimum absolute atomic E-state index is 0.262. The van der Waals surface area contributed by atoms with Gasteiger partial charge in [-0.25, -0.2) is 4.39 Å². The molecule has 0 bridgehead atoms. The largest absolute Gasteiger partial charge is 0.496 e. The van der Waals surface area contributed by atoms with Crippen LogP contribution < -0.4 is 9.47 Å². The first kappa shape index (κ1) is 22.2. The van der Waals surface area contributed by atoms with Crippen molar-refractivity contribution in [3.05, 3.63) is 107 Å². The Labute approximate surface area is 201 Å². The van der Waals surface area contributed by atoms with Crippen LogP contribution in [0.4, 0.5) is 4.39 Å². The fraction of sp³-hybridized carbons (Fsp3) is 0.0714. The summed E-state index contributed by atoms with van der Waals surface area (Å²) in [6, 6.07) is 18.0. The summed E-state index contributed by atoms with van der Waals surface area (Å²) < 4.78 is 25.0.